The molecule has 5 nitrogen and oxygen atoms in total. The monoisotopic (exact) mass is 277 g/mol. The van der Waals surface area contributed by atoms with Gasteiger partial charge in [-0.25, -0.2) is 4.79 Å². The lowest BCUT2D eigenvalue weighted by Crippen LogP contribution is -2.38. The normalized spacial score (nSPS) is 11.6. The van der Waals surface area contributed by atoms with E-state index in [0.29, 0.717) is 5.69 Å². The van der Waals surface area contributed by atoms with Gasteiger partial charge in [0.25, 0.3) is 5.91 Å². The molecule has 0 atom stereocenters. The van der Waals surface area contributed by atoms with Crippen LogP contribution in [0.5, 0.6) is 0 Å². The highest BCUT2D eigenvalue weighted by Gasteiger charge is 2.27. The number of nitrogens with one attached hydrogen (secondary N) is 1. The second-order valence-corrected chi connectivity index (χ2v) is 4.91. The molecule has 0 spiro atoms. The Balaban J connectivity index is 2.89. The maximum atomic E-state index is 12.0. The van der Waals surface area contributed by atoms with Crippen LogP contribution in [-0.4, -0.2) is 29.7 Å². The molecule has 0 fully saturated rings. The summed E-state index contributed by atoms with van der Waals surface area (Å²) in [5.41, 5.74) is 1.37. The molecule has 5 heteroatoms. The number of hydrogen-bond acceptors (Lipinski definition) is 3. The average Bonchev–Trinajstić information content (AvgIpc) is 2.38. The number of amides is 1. The molecule has 0 saturated carbocycles. The molecule has 1 aromatic rings. The second kappa shape index (κ2) is 6.34. The van der Waals surface area contributed by atoms with Gasteiger partial charge < -0.3 is 15.2 Å². The Hall–Kier alpha value is -2.14. The molecule has 0 aliphatic rings. The van der Waals surface area contributed by atoms with Crippen LogP contribution in [0.15, 0.2) is 24.3 Å². The molecular formula is C15H19NO4. The van der Waals surface area contributed by atoms with E-state index < -0.39 is 11.6 Å². The molecule has 0 heterocycles. The standard InChI is InChI=1S/C15H19NO4/c1-10-9-11(6-8-13(17)18)5-7-12(10)16-14(19)15(2,3)20-4/h5-9H,1-4H3,(H,16,19)(H,17,18)/b8-6+. The van der Waals surface area contributed by atoms with Gasteiger partial charge in [-0.15, -0.1) is 0 Å². The third-order valence-electron chi connectivity index (χ3n) is 2.97. The zero-order chi connectivity index (χ0) is 15.3. The lowest BCUT2D eigenvalue weighted by molar-refractivity contribution is -0.133. The first kappa shape index (κ1) is 15.9. The van der Waals surface area contributed by atoms with Crippen LogP contribution in [0.1, 0.15) is 25.0 Å². The maximum Gasteiger partial charge on any atom is 0.328 e. The number of aliphatic carboxylic acids is 1. The van der Waals surface area contributed by atoms with Crippen molar-refractivity contribution in [2.24, 2.45) is 0 Å². The van der Waals surface area contributed by atoms with Gasteiger partial charge in [0.2, 0.25) is 0 Å². The van der Waals surface area contributed by atoms with Crippen LogP contribution in [0.3, 0.4) is 0 Å². The summed E-state index contributed by atoms with van der Waals surface area (Å²) in [4.78, 5) is 22.4. The lowest BCUT2D eigenvalue weighted by atomic mass is 10.1. The van der Waals surface area contributed by atoms with Crippen LogP contribution < -0.4 is 5.32 Å². The number of carboxylic acids is 1. The van der Waals surface area contributed by atoms with E-state index in [4.69, 9.17) is 9.84 Å². The van der Waals surface area contributed by atoms with E-state index in [9.17, 15) is 9.59 Å². The minimum atomic E-state index is -0.998. The van der Waals surface area contributed by atoms with Crippen LogP contribution in [0.25, 0.3) is 6.08 Å². The summed E-state index contributed by atoms with van der Waals surface area (Å²) in [6.45, 7) is 5.21. The molecular weight excluding hydrogens is 258 g/mol. The molecule has 1 amide bonds. The molecule has 0 saturated heterocycles. The van der Waals surface area contributed by atoms with Crippen molar-refractivity contribution >= 4 is 23.6 Å². The van der Waals surface area contributed by atoms with Crippen molar-refractivity contribution in [1.82, 2.24) is 0 Å². The van der Waals surface area contributed by atoms with Gasteiger partial charge in [0.15, 0.2) is 0 Å². The Morgan fingerprint density at radius 2 is 2.00 bits per heavy atom. The number of carbonyl (C=O) groups is 2. The topological polar surface area (TPSA) is 75.6 Å². The molecule has 20 heavy (non-hydrogen) atoms. The third-order valence-corrected chi connectivity index (χ3v) is 2.97. The summed E-state index contributed by atoms with van der Waals surface area (Å²) in [5.74, 6) is -1.24. The van der Waals surface area contributed by atoms with E-state index in [2.05, 4.69) is 5.32 Å². The number of methoxy groups -OCH3 is 1. The van der Waals surface area contributed by atoms with Gasteiger partial charge in [0.05, 0.1) is 0 Å². The lowest BCUT2D eigenvalue weighted by Gasteiger charge is -2.22. The van der Waals surface area contributed by atoms with Crippen LogP contribution in [-0.2, 0) is 14.3 Å². The van der Waals surface area contributed by atoms with E-state index >= 15 is 0 Å². The van der Waals surface area contributed by atoms with Crippen molar-refractivity contribution in [3.05, 3.63) is 35.4 Å². The first-order chi connectivity index (χ1) is 9.26. The number of rotatable bonds is 5. The van der Waals surface area contributed by atoms with Gasteiger partial charge in [-0.05, 0) is 50.1 Å². The maximum absolute atomic E-state index is 12.0. The molecule has 0 aromatic heterocycles. The van der Waals surface area contributed by atoms with Gasteiger partial charge in [-0.1, -0.05) is 6.07 Å². The van der Waals surface area contributed by atoms with Crippen LogP contribution >= 0.6 is 0 Å². The summed E-state index contributed by atoms with van der Waals surface area (Å²) >= 11 is 0. The highest BCUT2D eigenvalue weighted by molar-refractivity contribution is 5.97. The van der Waals surface area contributed by atoms with Crippen LogP contribution in [0.4, 0.5) is 5.69 Å². The molecule has 0 bridgehead atoms. The van der Waals surface area contributed by atoms with Crippen molar-refractivity contribution in [2.45, 2.75) is 26.4 Å². The Morgan fingerprint density at radius 3 is 2.50 bits per heavy atom. The quantitative estimate of drug-likeness (QED) is 0.811. The Kier molecular flexibility index (Phi) is 5.05. The first-order valence-electron chi connectivity index (χ1n) is 6.14. The fraction of sp³-hybridized carbons (Fsp3) is 0.333. The highest BCUT2D eigenvalue weighted by Crippen LogP contribution is 2.19. The summed E-state index contributed by atoms with van der Waals surface area (Å²) in [6, 6.07) is 5.28. The molecule has 0 radical (unpaired) electrons. The van der Waals surface area contributed by atoms with E-state index in [-0.39, 0.29) is 5.91 Å². The van der Waals surface area contributed by atoms with Crippen LogP contribution in [0.2, 0.25) is 0 Å². The molecule has 0 unspecified atom stereocenters. The second-order valence-electron chi connectivity index (χ2n) is 4.91. The van der Waals surface area contributed by atoms with Crippen molar-refractivity contribution in [1.29, 1.82) is 0 Å². The van der Waals surface area contributed by atoms with Crippen LogP contribution in [0, 0.1) is 6.92 Å². The van der Waals surface area contributed by atoms with Crippen molar-refractivity contribution in [3.8, 4) is 0 Å². The van der Waals surface area contributed by atoms with E-state index in [1.807, 2.05) is 6.92 Å². The molecule has 108 valence electrons. The van der Waals surface area contributed by atoms with E-state index in [1.165, 1.54) is 13.2 Å². The Morgan fingerprint density at radius 1 is 1.35 bits per heavy atom. The van der Waals surface area contributed by atoms with Gasteiger partial charge >= 0.3 is 5.97 Å². The number of carbonyl (C=O) groups excluding carboxylic acids is 1. The largest absolute Gasteiger partial charge is 0.478 e. The number of benzene rings is 1. The summed E-state index contributed by atoms with van der Waals surface area (Å²) in [7, 11) is 1.48. The number of hydrogen-bond donors (Lipinski definition) is 2. The number of carboxylic acid groups (broad SMARTS) is 1. The predicted molar refractivity (Wildman–Crippen MR) is 77.6 cm³/mol. The van der Waals surface area contributed by atoms with Gasteiger partial charge in [-0.2, -0.15) is 0 Å². The summed E-state index contributed by atoms with van der Waals surface area (Å²) < 4.78 is 5.11. The zero-order valence-electron chi connectivity index (χ0n) is 12.1. The van der Waals surface area contributed by atoms with E-state index in [0.717, 1.165) is 17.2 Å². The fourth-order valence-electron chi connectivity index (χ4n) is 1.46. The van der Waals surface area contributed by atoms with Gasteiger partial charge in [-0.3, -0.25) is 4.79 Å². The van der Waals surface area contributed by atoms with Gasteiger partial charge in [0, 0.05) is 18.9 Å². The van der Waals surface area contributed by atoms with Crippen molar-refractivity contribution in [3.63, 3.8) is 0 Å². The molecule has 2 N–H and O–H groups in total. The van der Waals surface area contributed by atoms with Crippen molar-refractivity contribution < 1.29 is 19.4 Å². The van der Waals surface area contributed by atoms with E-state index in [1.54, 1.807) is 32.0 Å². The minimum Gasteiger partial charge on any atom is -0.478 e. The summed E-state index contributed by atoms with van der Waals surface area (Å²) in [5, 5.41) is 11.4. The first-order valence-corrected chi connectivity index (χ1v) is 6.14. The molecule has 1 aromatic carbocycles. The minimum absolute atomic E-state index is 0.239. The van der Waals surface area contributed by atoms with Gasteiger partial charge in [0.1, 0.15) is 5.60 Å². The smallest absolute Gasteiger partial charge is 0.328 e. The predicted octanol–water partition coefficient (Wildman–Crippen LogP) is 2.46. The fourth-order valence-corrected chi connectivity index (χ4v) is 1.46. The number of anilines is 1. The highest BCUT2D eigenvalue weighted by atomic mass is 16.5. The number of aryl methyl sites for hydroxylation is 1. The SMILES string of the molecule is COC(C)(C)C(=O)Nc1ccc(/C=C/C(=O)O)cc1C. The molecule has 1 rings (SSSR count). The Labute approximate surface area is 118 Å². The Bertz CT molecular complexity index is 547. The summed E-state index contributed by atoms with van der Waals surface area (Å²) in [6.07, 6.45) is 2.57. The number of ether oxygens (including phenoxy) is 1. The third kappa shape index (κ3) is 4.20. The van der Waals surface area contributed by atoms with Crippen molar-refractivity contribution in [2.75, 3.05) is 12.4 Å². The molecule has 0 aliphatic carbocycles. The average molecular weight is 277 g/mol. The molecule has 0 aliphatic heterocycles. The zero-order valence-corrected chi connectivity index (χ0v) is 12.1.